The first-order valence-corrected chi connectivity index (χ1v) is 7.48. The highest BCUT2D eigenvalue weighted by molar-refractivity contribution is 5.89. The average Bonchev–Trinajstić information content (AvgIpc) is 3.01. The number of hydrogen-bond acceptors (Lipinski definition) is 5. The number of nitrogens with zero attached hydrogens (tertiary/aromatic N) is 3. The fourth-order valence-electron chi connectivity index (χ4n) is 2.87. The van der Waals surface area contributed by atoms with Gasteiger partial charge in [0.25, 0.3) is 0 Å². The molecular weight excluding hydrogens is 284 g/mol. The van der Waals surface area contributed by atoms with E-state index in [4.69, 9.17) is 4.74 Å². The summed E-state index contributed by atoms with van der Waals surface area (Å²) in [5.74, 6) is 1.49. The van der Waals surface area contributed by atoms with E-state index in [1.165, 1.54) is 0 Å². The number of ether oxygens (including phenoxy) is 1. The van der Waals surface area contributed by atoms with E-state index in [1.807, 2.05) is 17.0 Å². The minimum atomic E-state index is -0.196. The normalized spacial score (nSPS) is 21.7. The zero-order chi connectivity index (χ0) is 15.5. The van der Waals surface area contributed by atoms with Crippen molar-refractivity contribution in [2.24, 2.45) is 5.92 Å². The molecule has 1 N–H and O–H groups in total. The molecule has 0 aliphatic carbocycles. The Morgan fingerprint density at radius 2 is 2.09 bits per heavy atom. The first-order chi connectivity index (χ1) is 10.7. The minimum Gasteiger partial charge on any atom is -0.495 e. The van der Waals surface area contributed by atoms with Crippen LogP contribution >= 0.6 is 0 Å². The van der Waals surface area contributed by atoms with E-state index in [0.29, 0.717) is 26.1 Å². The Labute approximate surface area is 129 Å². The van der Waals surface area contributed by atoms with Gasteiger partial charge in [0.2, 0.25) is 11.8 Å². The highest BCUT2D eigenvalue weighted by atomic mass is 16.5. The summed E-state index contributed by atoms with van der Waals surface area (Å²) in [5.41, 5.74) is 0. The number of pyridine rings is 1. The number of anilines is 1. The second kappa shape index (κ2) is 6.21. The molecule has 3 heterocycles. The molecule has 7 heteroatoms. The Bertz CT molecular complexity index is 552. The molecule has 0 radical (unpaired) electrons. The molecule has 7 nitrogen and oxygen atoms in total. The maximum Gasteiger partial charge on any atom is 0.228 e. The highest BCUT2D eigenvalue weighted by Crippen LogP contribution is 2.19. The van der Waals surface area contributed by atoms with Crippen molar-refractivity contribution in [2.75, 3.05) is 44.7 Å². The molecule has 0 aromatic carbocycles. The van der Waals surface area contributed by atoms with Crippen LogP contribution in [0.3, 0.4) is 0 Å². The predicted molar refractivity (Wildman–Crippen MR) is 80.7 cm³/mol. The fraction of sp³-hybridized carbons (Fsp3) is 0.533. The lowest BCUT2D eigenvalue weighted by molar-refractivity contribution is -0.136. The highest BCUT2D eigenvalue weighted by Gasteiger charge is 2.32. The molecule has 22 heavy (non-hydrogen) atoms. The summed E-state index contributed by atoms with van der Waals surface area (Å²) in [6.45, 7) is 3.30. The van der Waals surface area contributed by atoms with Crippen LogP contribution in [-0.2, 0) is 9.59 Å². The van der Waals surface area contributed by atoms with Gasteiger partial charge < -0.3 is 19.9 Å². The van der Waals surface area contributed by atoms with E-state index in [9.17, 15) is 9.59 Å². The molecule has 0 bridgehead atoms. The Balaban J connectivity index is 1.55. The number of carbonyl (C=O) groups is 2. The first-order valence-electron chi connectivity index (χ1n) is 7.48. The van der Waals surface area contributed by atoms with Crippen molar-refractivity contribution >= 4 is 17.6 Å². The molecule has 1 atom stereocenters. The second-order valence-corrected chi connectivity index (χ2v) is 5.57. The Hall–Kier alpha value is -2.31. The quantitative estimate of drug-likeness (QED) is 0.842. The third kappa shape index (κ3) is 2.98. The van der Waals surface area contributed by atoms with Crippen LogP contribution in [0.25, 0.3) is 0 Å². The van der Waals surface area contributed by atoms with Gasteiger partial charge in [-0.1, -0.05) is 0 Å². The third-order valence-corrected chi connectivity index (χ3v) is 4.20. The van der Waals surface area contributed by atoms with E-state index in [-0.39, 0.29) is 17.7 Å². The molecule has 0 saturated carbocycles. The zero-order valence-corrected chi connectivity index (χ0v) is 12.6. The summed E-state index contributed by atoms with van der Waals surface area (Å²) in [4.78, 5) is 32.0. The number of carbonyl (C=O) groups excluding carboxylic acids is 2. The van der Waals surface area contributed by atoms with Gasteiger partial charge in [-0.15, -0.1) is 0 Å². The van der Waals surface area contributed by atoms with Gasteiger partial charge in [0.1, 0.15) is 11.6 Å². The molecule has 2 amide bonds. The van der Waals surface area contributed by atoms with Crippen molar-refractivity contribution in [1.29, 1.82) is 0 Å². The van der Waals surface area contributed by atoms with Crippen LogP contribution in [0, 0.1) is 5.92 Å². The van der Waals surface area contributed by atoms with Gasteiger partial charge in [0.05, 0.1) is 19.2 Å². The molecular formula is C15H20N4O3. The molecule has 118 valence electrons. The Morgan fingerprint density at radius 3 is 2.64 bits per heavy atom. The van der Waals surface area contributed by atoms with Crippen LogP contribution in [0.5, 0.6) is 5.75 Å². The van der Waals surface area contributed by atoms with Gasteiger partial charge in [-0.25, -0.2) is 4.98 Å². The molecule has 2 aliphatic heterocycles. The van der Waals surface area contributed by atoms with Gasteiger partial charge in [0.15, 0.2) is 0 Å². The maximum absolute atomic E-state index is 12.4. The molecule has 3 rings (SSSR count). The van der Waals surface area contributed by atoms with E-state index in [1.54, 1.807) is 13.3 Å². The number of hydrogen-bond donors (Lipinski definition) is 1. The van der Waals surface area contributed by atoms with Gasteiger partial charge in [-0.05, 0) is 12.1 Å². The molecule has 2 saturated heterocycles. The number of nitrogens with one attached hydrogen (secondary N) is 1. The van der Waals surface area contributed by atoms with Crippen LogP contribution in [0.1, 0.15) is 6.42 Å². The molecule has 1 aromatic rings. The lowest BCUT2D eigenvalue weighted by Gasteiger charge is -2.36. The SMILES string of the molecule is COc1ccc(N2CCN(C(=O)C3CNC(=O)C3)CC2)nc1. The van der Waals surface area contributed by atoms with Crippen molar-refractivity contribution < 1.29 is 14.3 Å². The third-order valence-electron chi connectivity index (χ3n) is 4.20. The van der Waals surface area contributed by atoms with E-state index in [2.05, 4.69) is 15.2 Å². The lowest BCUT2D eigenvalue weighted by atomic mass is 10.1. The van der Waals surface area contributed by atoms with Crippen molar-refractivity contribution in [3.05, 3.63) is 18.3 Å². The fourth-order valence-corrected chi connectivity index (χ4v) is 2.87. The van der Waals surface area contributed by atoms with Crippen LogP contribution < -0.4 is 15.0 Å². The average molecular weight is 304 g/mol. The van der Waals surface area contributed by atoms with Crippen LogP contribution in [0.2, 0.25) is 0 Å². The summed E-state index contributed by atoms with van der Waals surface area (Å²) >= 11 is 0. The largest absolute Gasteiger partial charge is 0.495 e. The number of rotatable bonds is 3. The number of methoxy groups -OCH3 is 1. The summed E-state index contributed by atoms with van der Waals surface area (Å²) < 4.78 is 5.10. The predicted octanol–water partition coefficient (Wildman–Crippen LogP) is -0.125. The van der Waals surface area contributed by atoms with Crippen LogP contribution in [0.15, 0.2) is 18.3 Å². The van der Waals surface area contributed by atoms with Gasteiger partial charge >= 0.3 is 0 Å². The smallest absolute Gasteiger partial charge is 0.228 e. The molecule has 2 fully saturated rings. The summed E-state index contributed by atoms with van der Waals surface area (Å²) in [6, 6.07) is 3.81. The van der Waals surface area contributed by atoms with Crippen molar-refractivity contribution in [3.63, 3.8) is 0 Å². The monoisotopic (exact) mass is 304 g/mol. The zero-order valence-electron chi connectivity index (χ0n) is 12.6. The molecule has 1 unspecified atom stereocenters. The van der Waals surface area contributed by atoms with Crippen molar-refractivity contribution in [3.8, 4) is 5.75 Å². The standard InChI is InChI=1S/C15H20N4O3/c1-22-12-2-3-13(16-10-12)18-4-6-19(7-5-18)15(21)11-8-14(20)17-9-11/h2-3,10-11H,4-9H2,1H3,(H,17,20). The van der Waals surface area contributed by atoms with Crippen LogP contribution in [-0.4, -0.2) is 61.5 Å². The maximum atomic E-state index is 12.4. The molecule has 0 spiro atoms. The van der Waals surface area contributed by atoms with Crippen LogP contribution in [0.4, 0.5) is 5.82 Å². The summed E-state index contributed by atoms with van der Waals surface area (Å²) in [7, 11) is 1.61. The van der Waals surface area contributed by atoms with Crippen molar-refractivity contribution in [1.82, 2.24) is 15.2 Å². The lowest BCUT2D eigenvalue weighted by Crippen LogP contribution is -2.50. The van der Waals surface area contributed by atoms with Gasteiger partial charge in [-0.2, -0.15) is 0 Å². The number of piperazine rings is 1. The minimum absolute atomic E-state index is 0.0283. The molecule has 2 aliphatic rings. The second-order valence-electron chi connectivity index (χ2n) is 5.57. The first kappa shape index (κ1) is 14.6. The topological polar surface area (TPSA) is 74.8 Å². The van der Waals surface area contributed by atoms with E-state index < -0.39 is 0 Å². The summed E-state index contributed by atoms with van der Waals surface area (Å²) in [5, 5.41) is 2.72. The number of amides is 2. The van der Waals surface area contributed by atoms with Gasteiger partial charge in [0, 0.05) is 39.1 Å². The van der Waals surface area contributed by atoms with E-state index >= 15 is 0 Å². The molecule has 1 aromatic heterocycles. The van der Waals surface area contributed by atoms with E-state index in [0.717, 1.165) is 24.7 Å². The van der Waals surface area contributed by atoms with Gasteiger partial charge in [-0.3, -0.25) is 9.59 Å². The van der Waals surface area contributed by atoms with Crippen molar-refractivity contribution in [2.45, 2.75) is 6.42 Å². The Kier molecular flexibility index (Phi) is 4.13. The summed E-state index contributed by atoms with van der Waals surface area (Å²) in [6.07, 6.45) is 2.02. The number of aromatic nitrogens is 1. The Morgan fingerprint density at radius 1 is 1.32 bits per heavy atom.